The summed E-state index contributed by atoms with van der Waals surface area (Å²) in [6.07, 6.45) is 2.35. The molecular formula is C9H20N2O3S. The highest BCUT2D eigenvalue weighted by atomic mass is 32.2. The van der Waals surface area contributed by atoms with E-state index in [1.807, 2.05) is 7.05 Å². The summed E-state index contributed by atoms with van der Waals surface area (Å²) in [7, 11) is -1.32. The molecule has 0 amide bonds. The second-order valence-corrected chi connectivity index (χ2v) is 5.78. The Labute approximate surface area is 91.6 Å². The van der Waals surface area contributed by atoms with Crippen molar-refractivity contribution in [3.05, 3.63) is 0 Å². The largest absolute Gasteiger partial charge is 0.380 e. The zero-order valence-corrected chi connectivity index (χ0v) is 9.98. The zero-order chi connectivity index (χ0) is 11.1. The number of hydrogen-bond acceptors (Lipinski definition) is 4. The van der Waals surface area contributed by atoms with Crippen LogP contribution in [0.15, 0.2) is 0 Å². The van der Waals surface area contributed by atoms with Crippen LogP contribution in [0.5, 0.6) is 0 Å². The molecule has 0 aromatic carbocycles. The number of hydrogen-bond donors (Lipinski definition) is 2. The molecule has 5 nitrogen and oxygen atoms in total. The average molecular weight is 236 g/mol. The minimum Gasteiger partial charge on any atom is -0.380 e. The fourth-order valence-electron chi connectivity index (χ4n) is 1.55. The molecule has 0 bridgehead atoms. The Morgan fingerprint density at radius 3 is 2.80 bits per heavy atom. The zero-order valence-electron chi connectivity index (χ0n) is 9.16. The van der Waals surface area contributed by atoms with E-state index in [0.29, 0.717) is 26.2 Å². The highest BCUT2D eigenvalue weighted by Crippen LogP contribution is 2.13. The first-order valence-corrected chi connectivity index (χ1v) is 6.92. The molecule has 1 atom stereocenters. The van der Waals surface area contributed by atoms with E-state index < -0.39 is 10.0 Å². The van der Waals surface area contributed by atoms with Gasteiger partial charge >= 0.3 is 0 Å². The third-order valence-corrected chi connectivity index (χ3v) is 4.32. The standard InChI is InChI=1S/C9H20N2O3S/c1-10-5-3-6-11-15(12,13)9-4-2-7-14-8-9/h9-11H,2-8H2,1H3/t9-/m1/s1. The van der Waals surface area contributed by atoms with Gasteiger partial charge < -0.3 is 10.1 Å². The Balaban J connectivity index is 2.30. The van der Waals surface area contributed by atoms with Crippen molar-refractivity contribution in [1.29, 1.82) is 0 Å². The summed E-state index contributed by atoms with van der Waals surface area (Å²) < 4.78 is 31.3. The molecule has 0 spiro atoms. The molecule has 0 radical (unpaired) electrons. The van der Waals surface area contributed by atoms with E-state index in [1.54, 1.807) is 0 Å². The molecule has 1 saturated heterocycles. The van der Waals surface area contributed by atoms with Crippen molar-refractivity contribution < 1.29 is 13.2 Å². The summed E-state index contributed by atoms with van der Waals surface area (Å²) in [5.74, 6) is 0. The van der Waals surface area contributed by atoms with Crippen molar-refractivity contribution >= 4 is 10.0 Å². The molecular weight excluding hydrogens is 216 g/mol. The van der Waals surface area contributed by atoms with Crippen molar-refractivity contribution in [2.45, 2.75) is 24.5 Å². The van der Waals surface area contributed by atoms with E-state index in [9.17, 15) is 8.42 Å². The van der Waals surface area contributed by atoms with Crippen molar-refractivity contribution in [3.63, 3.8) is 0 Å². The molecule has 0 aliphatic carbocycles. The van der Waals surface area contributed by atoms with Gasteiger partial charge in [-0.05, 0) is 32.9 Å². The van der Waals surface area contributed by atoms with E-state index >= 15 is 0 Å². The second kappa shape index (κ2) is 6.42. The van der Waals surface area contributed by atoms with Gasteiger partial charge in [0.05, 0.1) is 11.9 Å². The lowest BCUT2D eigenvalue weighted by atomic mass is 10.2. The average Bonchev–Trinajstić information content (AvgIpc) is 2.26. The van der Waals surface area contributed by atoms with Crippen molar-refractivity contribution in [2.75, 3.05) is 33.4 Å². The topological polar surface area (TPSA) is 67.4 Å². The SMILES string of the molecule is CNCCCNS(=O)(=O)[C@@H]1CCCOC1. The van der Waals surface area contributed by atoms with Crippen molar-refractivity contribution in [3.8, 4) is 0 Å². The third-order valence-electron chi connectivity index (χ3n) is 2.46. The first-order chi connectivity index (χ1) is 7.17. The molecule has 0 aromatic heterocycles. The first kappa shape index (κ1) is 12.9. The molecule has 1 aliphatic rings. The van der Waals surface area contributed by atoms with Crippen LogP contribution < -0.4 is 10.0 Å². The maximum Gasteiger partial charge on any atom is 0.216 e. The quantitative estimate of drug-likeness (QED) is 0.621. The van der Waals surface area contributed by atoms with Crippen molar-refractivity contribution in [1.82, 2.24) is 10.0 Å². The van der Waals surface area contributed by atoms with Gasteiger partial charge in [0.2, 0.25) is 10.0 Å². The van der Waals surface area contributed by atoms with E-state index in [2.05, 4.69) is 10.0 Å². The van der Waals surface area contributed by atoms with Gasteiger partial charge in [-0.1, -0.05) is 0 Å². The molecule has 0 saturated carbocycles. The third kappa shape index (κ3) is 4.46. The van der Waals surface area contributed by atoms with E-state index in [-0.39, 0.29) is 5.25 Å². The number of nitrogens with one attached hydrogen (secondary N) is 2. The monoisotopic (exact) mass is 236 g/mol. The van der Waals surface area contributed by atoms with Crippen LogP contribution >= 0.6 is 0 Å². The highest BCUT2D eigenvalue weighted by Gasteiger charge is 2.27. The second-order valence-electron chi connectivity index (χ2n) is 3.74. The van der Waals surface area contributed by atoms with Gasteiger partial charge in [0.25, 0.3) is 0 Å². The molecule has 0 unspecified atom stereocenters. The number of ether oxygens (including phenoxy) is 1. The van der Waals surface area contributed by atoms with Crippen LogP contribution in [0.4, 0.5) is 0 Å². The van der Waals surface area contributed by atoms with Crippen LogP contribution in [0.25, 0.3) is 0 Å². The minimum absolute atomic E-state index is 0.335. The van der Waals surface area contributed by atoms with Crippen LogP contribution in [0.1, 0.15) is 19.3 Å². The summed E-state index contributed by atoms with van der Waals surface area (Å²) in [5, 5.41) is 2.61. The predicted octanol–water partition coefficient (Wildman–Crippen LogP) is -0.306. The molecule has 6 heteroatoms. The lowest BCUT2D eigenvalue weighted by Gasteiger charge is -2.22. The van der Waals surface area contributed by atoms with Gasteiger partial charge in [0.1, 0.15) is 0 Å². The van der Waals surface area contributed by atoms with Crippen LogP contribution in [0.2, 0.25) is 0 Å². The molecule has 15 heavy (non-hydrogen) atoms. The Morgan fingerprint density at radius 2 is 2.20 bits per heavy atom. The fourth-order valence-corrected chi connectivity index (χ4v) is 2.97. The lowest BCUT2D eigenvalue weighted by molar-refractivity contribution is 0.0988. The Kier molecular flexibility index (Phi) is 5.52. The summed E-state index contributed by atoms with van der Waals surface area (Å²) >= 11 is 0. The van der Waals surface area contributed by atoms with Crippen LogP contribution in [0, 0.1) is 0 Å². The first-order valence-electron chi connectivity index (χ1n) is 5.37. The van der Waals surface area contributed by atoms with Gasteiger partial charge in [-0.2, -0.15) is 0 Å². The fraction of sp³-hybridized carbons (Fsp3) is 1.00. The van der Waals surface area contributed by atoms with Crippen LogP contribution in [-0.2, 0) is 14.8 Å². The van der Waals surface area contributed by atoms with Crippen LogP contribution in [-0.4, -0.2) is 47.0 Å². The van der Waals surface area contributed by atoms with Gasteiger partial charge in [0, 0.05) is 13.2 Å². The Hall–Kier alpha value is -0.170. The minimum atomic E-state index is -3.17. The van der Waals surface area contributed by atoms with E-state index in [4.69, 9.17) is 4.74 Å². The van der Waals surface area contributed by atoms with Gasteiger partial charge in [-0.15, -0.1) is 0 Å². The Bertz CT molecular complexity index is 261. The van der Waals surface area contributed by atoms with E-state index in [0.717, 1.165) is 19.4 Å². The molecule has 1 fully saturated rings. The maximum atomic E-state index is 11.7. The predicted molar refractivity (Wildman–Crippen MR) is 59.3 cm³/mol. The summed E-state index contributed by atoms with van der Waals surface area (Å²) in [5.41, 5.74) is 0. The molecule has 2 N–H and O–H groups in total. The number of sulfonamides is 1. The van der Waals surface area contributed by atoms with Crippen molar-refractivity contribution in [2.24, 2.45) is 0 Å². The normalized spacial score (nSPS) is 22.9. The maximum absolute atomic E-state index is 11.7. The highest BCUT2D eigenvalue weighted by molar-refractivity contribution is 7.90. The van der Waals surface area contributed by atoms with E-state index in [1.165, 1.54) is 0 Å². The van der Waals surface area contributed by atoms with Gasteiger partial charge in [-0.25, -0.2) is 13.1 Å². The smallest absolute Gasteiger partial charge is 0.216 e. The molecule has 1 rings (SSSR count). The molecule has 90 valence electrons. The molecule has 1 heterocycles. The molecule has 1 aliphatic heterocycles. The number of rotatable bonds is 6. The van der Waals surface area contributed by atoms with Gasteiger partial charge in [-0.3, -0.25) is 0 Å². The van der Waals surface area contributed by atoms with Gasteiger partial charge in [0.15, 0.2) is 0 Å². The van der Waals surface area contributed by atoms with Crippen LogP contribution in [0.3, 0.4) is 0 Å². The summed E-state index contributed by atoms with van der Waals surface area (Å²) in [6.45, 7) is 2.34. The summed E-state index contributed by atoms with van der Waals surface area (Å²) in [4.78, 5) is 0. The summed E-state index contributed by atoms with van der Waals surface area (Å²) in [6, 6.07) is 0. The lowest BCUT2D eigenvalue weighted by Crippen LogP contribution is -2.40. The molecule has 0 aromatic rings. The Morgan fingerprint density at radius 1 is 1.40 bits per heavy atom.